The van der Waals surface area contributed by atoms with Crippen molar-refractivity contribution >= 4 is 10.0 Å². The van der Waals surface area contributed by atoms with Gasteiger partial charge >= 0.3 is 0 Å². The van der Waals surface area contributed by atoms with E-state index in [2.05, 4.69) is 25.8 Å². The average Bonchev–Trinajstić information content (AvgIpc) is 2.94. The van der Waals surface area contributed by atoms with E-state index < -0.39 is 10.0 Å². The topological polar surface area (TPSA) is 55.2 Å². The first-order chi connectivity index (χ1) is 9.59. The van der Waals surface area contributed by atoms with Gasteiger partial charge < -0.3 is 4.57 Å². The summed E-state index contributed by atoms with van der Waals surface area (Å²) < 4.78 is 28.7. The number of nitrogens with zero attached hydrogens (tertiary/aromatic N) is 3. The summed E-state index contributed by atoms with van der Waals surface area (Å²) in [6, 6.07) is 0.216. The Morgan fingerprint density at radius 3 is 2.57 bits per heavy atom. The van der Waals surface area contributed by atoms with E-state index in [1.807, 2.05) is 18.4 Å². The van der Waals surface area contributed by atoms with Gasteiger partial charge in [-0.3, -0.25) is 0 Å². The first-order valence-electron chi connectivity index (χ1n) is 7.63. The maximum Gasteiger partial charge on any atom is 0.262 e. The van der Waals surface area contributed by atoms with Crippen LogP contribution < -0.4 is 0 Å². The first-order valence-corrected chi connectivity index (χ1v) is 9.07. The van der Waals surface area contributed by atoms with Gasteiger partial charge in [-0.1, -0.05) is 20.8 Å². The van der Waals surface area contributed by atoms with Crippen molar-refractivity contribution in [2.45, 2.75) is 58.5 Å². The van der Waals surface area contributed by atoms with Crippen molar-refractivity contribution in [1.29, 1.82) is 0 Å². The van der Waals surface area contributed by atoms with Crippen molar-refractivity contribution < 1.29 is 8.42 Å². The van der Waals surface area contributed by atoms with Gasteiger partial charge in [0.05, 0.1) is 6.33 Å². The summed E-state index contributed by atoms with van der Waals surface area (Å²) in [7, 11) is -3.44. The lowest BCUT2D eigenvalue weighted by atomic mass is 9.84. The SMILES string of the molecule is CC(C)n1cnc(S(=O)(=O)N2CCC(CC(C)(C)C)C2)c1. The third kappa shape index (κ3) is 3.86. The molecule has 0 bridgehead atoms. The molecule has 1 fully saturated rings. The number of hydrogen-bond acceptors (Lipinski definition) is 3. The minimum absolute atomic E-state index is 0.174. The molecule has 2 rings (SSSR count). The zero-order valence-corrected chi connectivity index (χ0v) is 14.5. The number of rotatable bonds is 4. The fourth-order valence-corrected chi connectivity index (χ4v) is 4.37. The Balaban J connectivity index is 2.10. The molecule has 0 radical (unpaired) electrons. The van der Waals surface area contributed by atoms with Gasteiger partial charge in [-0.05, 0) is 38.0 Å². The number of sulfonamides is 1. The van der Waals surface area contributed by atoms with Crippen LogP contribution in [0, 0.1) is 11.3 Å². The van der Waals surface area contributed by atoms with E-state index in [1.54, 1.807) is 16.8 Å². The third-order valence-electron chi connectivity index (χ3n) is 3.93. The molecule has 120 valence electrons. The van der Waals surface area contributed by atoms with Crippen LogP contribution in [0.5, 0.6) is 0 Å². The summed E-state index contributed by atoms with van der Waals surface area (Å²) in [4.78, 5) is 4.09. The molecule has 6 heteroatoms. The van der Waals surface area contributed by atoms with Gasteiger partial charge in [0, 0.05) is 25.3 Å². The predicted molar refractivity (Wildman–Crippen MR) is 83.5 cm³/mol. The summed E-state index contributed by atoms with van der Waals surface area (Å²) in [6.07, 6.45) is 5.23. The molecule has 1 atom stereocenters. The Hall–Kier alpha value is -0.880. The maximum atomic E-state index is 12.6. The van der Waals surface area contributed by atoms with Crippen LogP contribution in [0.4, 0.5) is 0 Å². The number of imidazole rings is 1. The Morgan fingerprint density at radius 2 is 2.05 bits per heavy atom. The molecule has 0 N–H and O–H groups in total. The summed E-state index contributed by atoms with van der Waals surface area (Å²) in [6.45, 7) is 11.9. The fraction of sp³-hybridized carbons (Fsp3) is 0.800. The second-order valence-electron chi connectivity index (χ2n) is 7.54. The quantitative estimate of drug-likeness (QED) is 0.859. The standard InChI is InChI=1S/C15H27N3O2S/c1-12(2)17-10-14(16-11-17)21(19,20)18-7-6-13(9-18)8-15(3,4)5/h10-13H,6-9H2,1-5H3. The largest absolute Gasteiger partial charge is 0.334 e. The lowest BCUT2D eigenvalue weighted by Gasteiger charge is -2.23. The molecule has 1 saturated heterocycles. The highest BCUT2D eigenvalue weighted by Crippen LogP contribution is 2.32. The van der Waals surface area contributed by atoms with Crippen molar-refractivity contribution in [2.75, 3.05) is 13.1 Å². The van der Waals surface area contributed by atoms with Crippen LogP contribution in [0.25, 0.3) is 0 Å². The first kappa shape index (κ1) is 16.5. The van der Waals surface area contributed by atoms with Crippen LogP contribution in [-0.2, 0) is 10.0 Å². The second kappa shape index (κ2) is 5.72. The Kier molecular flexibility index (Phi) is 4.49. The van der Waals surface area contributed by atoms with Crippen molar-refractivity contribution in [3.8, 4) is 0 Å². The third-order valence-corrected chi connectivity index (χ3v) is 5.68. The van der Waals surface area contributed by atoms with E-state index in [9.17, 15) is 8.42 Å². The van der Waals surface area contributed by atoms with Crippen LogP contribution in [0.1, 0.15) is 53.5 Å². The molecule has 0 saturated carbocycles. The van der Waals surface area contributed by atoms with Crippen molar-refractivity contribution in [2.24, 2.45) is 11.3 Å². The van der Waals surface area contributed by atoms with Gasteiger partial charge in [0.1, 0.15) is 0 Å². The molecule has 21 heavy (non-hydrogen) atoms. The molecule has 2 heterocycles. The van der Waals surface area contributed by atoms with E-state index in [1.165, 1.54) is 0 Å². The van der Waals surface area contributed by atoms with E-state index in [-0.39, 0.29) is 16.5 Å². The summed E-state index contributed by atoms with van der Waals surface area (Å²) >= 11 is 0. The molecular formula is C15H27N3O2S. The minimum Gasteiger partial charge on any atom is -0.334 e. The summed E-state index contributed by atoms with van der Waals surface area (Å²) in [5.41, 5.74) is 0.240. The van der Waals surface area contributed by atoms with Crippen molar-refractivity contribution in [1.82, 2.24) is 13.9 Å². The molecule has 1 aliphatic heterocycles. The second-order valence-corrected chi connectivity index (χ2v) is 9.42. The molecule has 5 nitrogen and oxygen atoms in total. The lowest BCUT2D eigenvalue weighted by Crippen LogP contribution is -2.29. The fourth-order valence-electron chi connectivity index (χ4n) is 2.91. The Bertz CT molecular complexity index is 584. The van der Waals surface area contributed by atoms with Crippen LogP contribution >= 0.6 is 0 Å². The van der Waals surface area contributed by atoms with E-state index in [0.29, 0.717) is 19.0 Å². The highest BCUT2D eigenvalue weighted by Gasteiger charge is 2.35. The highest BCUT2D eigenvalue weighted by atomic mass is 32.2. The van der Waals surface area contributed by atoms with E-state index in [4.69, 9.17) is 0 Å². The smallest absolute Gasteiger partial charge is 0.262 e. The number of aromatic nitrogens is 2. The van der Waals surface area contributed by atoms with Gasteiger partial charge in [-0.25, -0.2) is 13.4 Å². The summed E-state index contributed by atoms with van der Waals surface area (Å²) in [5.74, 6) is 0.451. The molecule has 0 aromatic carbocycles. The molecule has 0 amide bonds. The van der Waals surface area contributed by atoms with Gasteiger partial charge in [0.2, 0.25) is 0 Å². The molecule has 0 spiro atoms. The van der Waals surface area contributed by atoms with E-state index >= 15 is 0 Å². The van der Waals surface area contributed by atoms with Crippen molar-refractivity contribution in [3.05, 3.63) is 12.5 Å². The monoisotopic (exact) mass is 313 g/mol. The maximum absolute atomic E-state index is 12.6. The summed E-state index contributed by atoms with van der Waals surface area (Å²) in [5, 5.41) is 0.174. The van der Waals surface area contributed by atoms with Crippen LogP contribution in [0.3, 0.4) is 0 Å². The van der Waals surface area contributed by atoms with Gasteiger partial charge in [-0.2, -0.15) is 4.31 Å². The highest BCUT2D eigenvalue weighted by molar-refractivity contribution is 7.89. The molecule has 1 aromatic heterocycles. The van der Waals surface area contributed by atoms with Gasteiger partial charge in [-0.15, -0.1) is 0 Å². The molecule has 0 aliphatic carbocycles. The van der Waals surface area contributed by atoms with E-state index in [0.717, 1.165) is 12.8 Å². The zero-order valence-electron chi connectivity index (χ0n) is 13.7. The molecular weight excluding hydrogens is 286 g/mol. The van der Waals surface area contributed by atoms with Crippen LogP contribution in [-0.4, -0.2) is 35.4 Å². The van der Waals surface area contributed by atoms with Crippen molar-refractivity contribution in [3.63, 3.8) is 0 Å². The zero-order chi connectivity index (χ0) is 15.8. The van der Waals surface area contributed by atoms with Crippen LogP contribution in [0.2, 0.25) is 0 Å². The molecule has 1 aromatic rings. The normalized spacial score (nSPS) is 21.3. The Morgan fingerprint density at radius 1 is 1.38 bits per heavy atom. The molecule has 1 aliphatic rings. The lowest BCUT2D eigenvalue weighted by molar-refractivity contribution is 0.299. The Labute approximate surface area is 128 Å². The van der Waals surface area contributed by atoms with Crippen LogP contribution in [0.15, 0.2) is 17.6 Å². The van der Waals surface area contributed by atoms with Gasteiger partial charge in [0.15, 0.2) is 5.03 Å². The molecule has 1 unspecified atom stereocenters. The average molecular weight is 313 g/mol. The van der Waals surface area contributed by atoms with Gasteiger partial charge in [0.25, 0.3) is 10.0 Å². The number of hydrogen-bond donors (Lipinski definition) is 0. The minimum atomic E-state index is -3.44. The predicted octanol–water partition coefficient (Wildman–Crippen LogP) is 2.91.